The number of hydrogen-bond acceptors (Lipinski definition) is 4. The summed E-state index contributed by atoms with van der Waals surface area (Å²) in [7, 11) is 0. The number of aliphatic hydroxyl groups is 4. The summed E-state index contributed by atoms with van der Waals surface area (Å²) >= 11 is 0. The van der Waals surface area contributed by atoms with E-state index in [1.54, 1.807) is 0 Å². The lowest BCUT2D eigenvalue weighted by Gasteiger charge is -2.43. The Bertz CT molecular complexity index is 632. The molecular weight excluding hydrogens is 304 g/mol. The highest BCUT2D eigenvalue weighted by atomic mass is 16.3. The third-order valence-corrected chi connectivity index (χ3v) is 7.80. The van der Waals surface area contributed by atoms with Gasteiger partial charge in [0.05, 0.1) is 17.8 Å². The molecule has 7 atom stereocenters. The molecule has 4 N–H and O–H groups in total. The second kappa shape index (κ2) is 4.73. The first-order valence-corrected chi connectivity index (χ1v) is 9.21. The van der Waals surface area contributed by atoms with Crippen LogP contribution in [0, 0.1) is 22.7 Å². The van der Waals surface area contributed by atoms with Crippen molar-refractivity contribution in [3.05, 3.63) is 23.3 Å². The third-order valence-electron chi connectivity index (χ3n) is 7.80. The fraction of sp³-hybridized carbons (Fsp3) is 0.800. The van der Waals surface area contributed by atoms with Gasteiger partial charge in [0.25, 0.3) is 0 Å². The first-order chi connectivity index (χ1) is 11.0. The average molecular weight is 334 g/mol. The monoisotopic (exact) mass is 334 g/mol. The minimum Gasteiger partial charge on any atom is -0.390 e. The van der Waals surface area contributed by atoms with Crippen LogP contribution in [0.5, 0.6) is 0 Å². The van der Waals surface area contributed by atoms with E-state index < -0.39 is 29.3 Å². The van der Waals surface area contributed by atoms with Gasteiger partial charge in [-0.1, -0.05) is 20.4 Å². The van der Waals surface area contributed by atoms with Crippen LogP contribution in [0.3, 0.4) is 0 Å². The smallest absolute Gasteiger partial charge is 0.106 e. The molecule has 0 amide bonds. The van der Waals surface area contributed by atoms with Crippen LogP contribution in [0.25, 0.3) is 0 Å². The van der Waals surface area contributed by atoms with Crippen LogP contribution in [-0.2, 0) is 0 Å². The molecule has 0 aromatic heterocycles. The molecule has 4 heteroatoms. The Morgan fingerprint density at radius 1 is 1.04 bits per heavy atom. The number of hydrogen-bond donors (Lipinski definition) is 4. The van der Waals surface area contributed by atoms with Gasteiger partial charge < -0.3 is 20.4 Å². The molecule has 4 aliphatic carbocycles. The Balaban J connectivity index is 1.83. The van der Waals surface area contributed by atoms with Gasteiger partial charge in [0.1, 0.15) is 6.10 Å². The molecule has 0 heterocycles. The highest BCUT2D eigenvalue weighted by molar-refractivity contribution is 5.51. The standard InChI is InChI=1S/C20H30O4/c1-10-12-6-5-11-7-20(12,9-19(11,4)24)8-13(21)15-14(10)16(22)17(23)18(15,2)3/h11-13,16-17,21-24H,1,5-9H2,2-4H3/t11-,12+,13-,16+,17+,19-,20-/m1/s1. The van der Waals surface area contributed by atoms with Crippen LogP contribution < -0.4 is 0 Å². The fourth-order valence-corrected chi connectivity index (χ4v) is 6.70. The SMILES string of the molecule is C=C1C2=C([C@H](O)C[C@@]34C[C@@H](CC[C@@H]13)[C@](C)(O)C4)C(C)(C)[C@@H](O)[C@H]2O. The van der Waals surface area contributed by atoms with Crippen LogP contribution in [0.2, 0.25) is 0 Å². The summed E-state index contributed by atoms with van der Waals surface area (Å²) in [6, 6.07) is 0. The fourth-order valence-electron chi connectivity index (χ4n) is 6.70. The van der Waals surface area contributed by atoms with Gasteiger partial charge in [-0.2, -0.15) is 0 Å². The summed E-state index contributed by atoms with van der Waals surface area (Å²) in [6.45, 7) is 10.0. The van der Waals surface area contributed by atoms with Gasteiger partial charge in [0.2, 0.25) is 0 Å². The van der Waals surface area contributed by atoms with Crippen molar-refractivity contribution in [2.75, 3.05) is 0 Å². The topological polar surface area (TPSA) is 80.9 Å². The first kappa shape index (κ1) is 16.8. The maximum absolute atomic E-state index is 11.1. The van der Waals surface area contributed by atoms with E-state index in [2.05, 4.69) is 6.58 Å². The zero-order valence-electron chi connectivity index (χ0n) is 14.9. The third kappa shape index (κ3) is 1.89. The summed E-state index contributed by atoms with van der Waals surface area (Å²) in [5.74, 6) is 0.450. The Morgan fingerprint density at radius 2 is 1.71 bits per heavy atom. The molecule has 0 unspecified atom stereocenters. The molecule has 0 aliphatic heterocycles. The van der Waals surface area contributed by atoms with E-state index in [0.717, 1.165) is 30.4 Å². The van der Waals surface area contributed by atoms with Crippen LogP contribution in [0.15, 0.2) is 23.3 Å². The lowest BCUT2D eigenvalue weighted by atomic mass is 9.62. The number of rotatable bonds is 0. The molecule has 4 nitrogen and oxygen atoms in total. The lowest BCUT2D eigenvalue weighted by Crippen LogP contribution is -2.40. The highest BCUT2D eigenvalue weighted by Gasteiger charge is 2.62. The minimum atomic E-state index is -0.980. The van der Waals surface area contributed by atoms with Crippen molar-refractivity contribution in [2.45, 2.75) is 76.8 Å². The molecule has 0 saturated heterocycles. The number of aliphatic hydroxyl groups excluding tert-OH is 3. The van der Waals surface area contributed by atoms with Gasteiger partial charge in [-0.3, -0.25) is 0 Å². The molecule has 1 spiro atoms. The quantitative estimate of drug-likeness (QED) is 0.546. The average Bonchev–Trinajstić information content (AvgIpc) is 2.73. The lowest BCUT2D eigenvalue weighted by molar-refractivity contribution is -0.0145. The van der Waals surface area contributed by atoms with Crippen LogP contribution in [0.4, 0.5) is 0 Å². The highest BCUT2D eigenvalue weighted by Crippen LogP contribution is 2.66. The molecule has 4 rings (SSSR count). The summed E-state index contributed by atoms with van der Waals surface area (Å²) < 4.78 is 0. The maximum Gasteiger partial charge on any atom is 0.106 e. The normalized spacial score (nSPS) is 53.0. The zero-order chi connectivity index (χ0) is 17.7. The Labute approximate surface area is 143 Å². The molecule has 0 aromatic rings. The van der Waals surface area contributed by atoms with E-state index in [0.29, 0.717) is 18.4 Å². The van der Waals surface area contributed by atoms with Crippen molar-refractivity contribution in [2.24, 2.45) is 22.7 Å². The number of fused-ring (bicyclic) bond motifs is 1. The van der Waals surface area contributed by atoms with E-state index in [4.69, 9.17) is 0 Å². The first-order valence-electron chi connectivity index (χ1n) is 9.21. The predicted molar refractivity (Wildman–Crippen MR) is 91.1 cm³/mol. The molecule has 4 aliphatic rings. The van der Waals surface area contributed by atoms with Gasteiger partial charge in [0.15, 0.2) is 0 Å². The van der Waals surface area contributed by atoms with Crippen molar-refractivity contribution < 1.29 is 20.4 Å². The predicted octanol–water partition coefficient (Wildman–Crippen LogP) is 1.92. The second-order valence-corrected chi connectivity index (χ2v) is 9.61. The van der Waals surface area contributed by atoms with E-state index >= 15 is 0 Å². The molecule has 2 saturated carbocycles. The Morgan fingerprint density at radius 3 is 2.38 bits per heavy atom. The molecule has 2 fully saturated rings. The summed E-state index contributed by atoms with van der Waals surface area (Å²) in [6.07, 6.45) is 1.50. The van der Waals surface area contributed by atoms with Crippen molar-refractivity contribution in [3.63, 3.8) is 0 Å². The van der Waals surface area contributed by atoms with Crippen molar-refractivity contribution in [3.8, 4) is 0 Å². The van der Waals surface area contributed by atoms with E-state index in [1.807, 2.05) is 20.8 Å². The van der Waals surface area contributed by atoms with Gasteiger partial charge in [-0.25, -0.2) is 0 Å². The van der Waals surface area contributed by atoms with E-state index in [9.17, 15) is 20.4 Å². The molecular formula is C20H30O4. The van der Waals surface area contributed by atoms with Crippen LogP contribution >= 0.6 is 0 Å². The molecule has 0 radical (unpaired) electrons. The molecule has 134 valence electrons. The minimum absolute atomic E-state index is 0.145. The summed E-state index contributed by atoms with van der Waals surface area (Å²) in [4.78, 5) is 0. The van der Waals surface area contributed by atoms with Gasteiger partial charge in [-0.05, 0) is 73.0 Å². The van der Waals surface area contributed by atoms with Crippen molar-refractivity contribution >= 4 is 0 Å². The zero-order valence-corrected chi connectivity index (χ0v) is 14.9. The Kier molecular flexibility index (Phi) is 3.30. The van der Waals surface area contributed by atoms with Crippen LogP contribution in [-0.4, -0.2) is 44.3 Å². The van der Waals surface area contributed by atoms with E-state index in [1.165, 1.54) is 0 Å². The van der Waals surface area contributed by atoms with Crippen molar-refractivity contribution in [1.82, 2.24) is 0 Å². The summed E-state index contributed by atoms with van der Waals surface area (Å²) in [5, 5.41) is 43.1. The van der Waals surface area contributed by atoms with Crippen molar-refractivity contribution in [1.29, 1.82) is 0 Å². The summed E-state index contributed by atoms with van der Waals surface area (Å²) in [5.41, 5.74) is 0.841. The largest absolute Gasteiger partial charge is 0.390 e. The van der Waals surface area contributed by atoms with Crippen LogP contribution in [0.1, 0.15) is 52.9 Å². The second-order valence-electron chi connectivity index (χ2n) is 9.61. The van der Waals surface area contributed by atoms with E-state index in [-0.39, 0.29) is 17.3 Å². The van der Waals surface area contributed by atoms with Gasteiger partial charge in [0, 0.05) is 5.41 Å². The molecule has 2 bridgehead atoms. The maximum atomic E-state index is 11.1. The van der Waals surface area contributed by atoms with Gasteiger partial charge >= 0.3 is 0 Å². The molecule has 24 heavy (non-hydrogen) atoms. The Hall–Kier alpha value is -0.680. The van der Waals surface area contributed by atoms with Gasteiger partial charge in [-0.15, -0.1) is 0 Å². The molecule has 0 aromatic carbocycles.